The standard InChI is InChI=1S/C16H27N3O2S/c1-12(2)9-14-17-13(10-22-14)15(20)18-16(3,4)11-19-5-7-21-8-6-19/h10,12H,5-9,11H2,1-4H3,(H,18,20). The van der Waals surface area contributed by atoms with E-state index < -0.39 is 0 Å². The fourth-order valence-electron chi connectivity index (χ4n) is 2.59. The van der Waals surface area contributed by atoms with Crippen LogP contribution in [0.1, 0.15) is 43.2 Å². The van der Waals surface area contributed by atoms with Gasteiger partial charge >= 0.3 is 0 Å². The van der Waals surface area contributed by atoms with Crippen molar-refractivity contribution in [3.8, 4) is 0 Å². The molecule has 1 fully saturated rings. The van der Waals surface area contributed by atoms with E-state index in [1.54, 1.807) is 11.3 Å². The maximum Gasteiger partial charge on any atom is 0.271 e. The number of aromatic nitrogens is 1. The van der Waals surface area contributed by atoms with Crippen molar-refractivity contribution in [2.75, 3.05) is 32.8 Å². The van der Waals surface area contributed by atoms with Gasteiger partial charge in [0.25, 0.3) is 5.91 Å². The smallest absolute Gasteiger partial charge is 0.271 e. The average Bonchev–Trinajstić information content (AvgIpc) is 2.86. The molecule has 0 aliphatic carbocycles. The average molecular weight is 325 g/mol. The Morgan fingerprint density at radius 3 is 2.77 bits per heavy atom. The number of rotatable bonds is 6. The summed E-state index contributed by atoms with van der Waals surface area (Å²) in [7, 11) is 0. The number of thiazole rings is 1. The van der Waals surface area contributed by atoms with Crippen molar-refractivity contribution < 1.29 is 9.53 Å². The Hall–Kier alpha value is -0.980. The third kappa shape index (κ3) is 5.34. The van der Waals surface area contributed by atoms with E-state index in [9.17, 15) is 4.79 Å². The van der Waals surface area contributed by atoms with Gasteiger partial charge in [0.2, 0.25) is 0 Å². The third-order valence-corrected chi connectivity index (χ3v) is 4.41. The van der Waals surface area contributed by atoms with Gasteiger partial charge in [0.15, 0.2) is 0 Å². The summed E-state index contributed by atoms with van der Waals surface area (Å²) < 4.78 is 5.36. The molecule has 1 aromatic heterocycles. The Morgan fingerprint density at radius 1 is 1.45 bits per heavy atom. The predicted octanol–water partition coefficient (Wildman–Crippen LogP) is 2.18. The highest BCUT2D eigenvalue weighted by Crippen LogP contribution is 2.15. The second-order valence-corrected chi connectivity index (χ2v) is 7.89. The summed E-state index contributed by atoms with van der Waals surface area (Å²) in [6, 6.07) is 0. The van der Waals surface area contributed by atoms with Crippen LogP contribution >= 0.6 is 11.3 Å². The molecule has 1 N–H and O–H groups in total. The molecule has 6 heteroatoms. The first-order valence-corrected chi connectivity index (χ1v) is 8.81. The second kappa shape index (κ2) is 7.53. The number of morpholine rings is 1. The van der Waals surface area contributed by atoms with Gasteiger partial charge in [-0.3, -0.25) is 9.69 Å². The van der Waals surface area contributed by atoms with Crippen LogP contribution in [0, 0.1) is 5.92 Å². The minimum Gasteiger partial charge on any atom is -0.379 e. The molecule has 0 unspecified atom stereocenters. The molecule has 0 saturated carbocycles. The summed E-state index contributed by atoms with van der Waals surface area (Å²) >= 11 is 1.57. The Morgan fingerprint density at radius 2 is 2.14 bits per heavy atom. The molecule has 0 atom stereocenters. The highest BCUT2D eigenvalue weighted by Gasteiger charge is 2.26. The first-order chi connectivity index (χ1) is 10.4. The Bertz CT molecular complexity index is 493. The summed E-state index contributed by atoms with van der Waals surface area (Å²) in [6.07, 6.45) is 0.926. The Kier molecular flexibility index (Phi) is 5.94. The van der Waals surface area contributed by atoms with Crippen molar-refractivity contribution in [1.82, 2.24) is 15.2 Å². The highest BCUT2D eigenvalue weighted by molar-refractivity contribution is 7.09. The van der Waals surface area contributed by atoms with Crippen molar-refractivity contribution in [2.24, 2.45) is 5.92 Å². The van der Waals surface area contributed by atoms with Crippen LogP contribution < -0.4 is 5.32 Å². The van der Waals surface area contributed by atoms with Crippen LogP contribution in [-0.4, -0.2) is 54.2 Å². The van der Waals surface area contributed by atoms with Crippen molar-refractivity contribution >= 4 is 17.2 Å². The van der Waals surface area contributed by atoms with Crippen molar-refractivity contribution in [3.63, 3.8) is 0 Å². The molecule has 22 heavy (non-hydrogen) atoms. The molecule has 0 radical (unpaired) electrons. The zero-order valence-electron chi connectivity index (χ0n) is 14.0. The molecule has 124 valence electrons. The Labute approximate surface area is 137 Å². The molecule has 0 aromatic carbocycles. The minimum atomic E-state index is -0.281. The Balaban J connectivity index is 1.90. The molecule has 1 aliphatic rings. The number of nitrogens with one attached hydrogen (secondary N) is 1. The lowest BCUT2D eigenvalue weighted by Crippen LogP contribution is -2.53. The zero-order valence-corrected chi connectivity index (χ0v) is 14.8. The van der Waals surface area contributed by atoms with Gasteiger partial charge in [0.1, 0.15) is 5.69 Å². The zero-order chi connectivity index (χ0) is 16.2. The lowest BCUT2D eigenvalue weighted by Gasteiger charge is -2.35. The van der Waals surface area contributed by atoms with Crippen LogP contribution in [0.2, 0.25) is 0 Å². The predicted molar refractivity (Wildman–Crippen MR) is 89.5 cm³/mol. The van der Waals surface area contributed by atoms with E-state index >= 15 is 0 Å². The number of hydrogen-bond acceptors (Lipinski definition) is 5. The summed E-state index contributed by atoms with van der Waals surface area (Å²) in [5.74, 6) is 0.476. The molecule has 1 aliphatic heterocycles. The molecular weight excluding hydrogens is 298 g/mol. The first kappa shape index (κ1) is 17.4. The third-order valence-electron chi connectivity index (χ3n) is 3.54. The van der Waals surface area contributed by atoms with E-state index in [2.05, 4.69) is 42.9 Å². The summed E-state index contributed by atoms with van der Waals surface area (Å²) in [6.45, 7) is 12.7. The van der Waals surface area contributed by atoms with Crippen LogP contribution in [0.4, 0.5) is 0 Å². The van der Waals surface area contributed by atoms with Gasteiger partial charge in [-0.05, 0) is 19.8 Å². The number of nitrogens with zero attached hydrogens (tertiary/aromatic N) is 2. The number of ether oxygens (including phenoxy) is 1. The van der Waals surface area contributed by atoms with Gasteiger partial charge in [-0.15, -0.1) is 11.3 Å². The molecule has 1 saturated heterocycles. The van der Waals surface area contributed by atoms with Crippen LogP contribution in [-0.2, 0) is 11.2 Å². The van der Waals surface area contributed by atoms with Crippen molar-refractivity contribution in [2.45, 2.75) is 39.7 Å². The fourth-order valence-corrected chi connectivity index (χ4v) is 3.58. The molecule has 0 spiro atoms. The number of carbonyl (C=O) groups excluding carboxylic acids is 1. The molecule has 5 nitrogen and oxygen atoms in total. The normalized spacial score (nSPS) is 17.0. The molecule has 2 heterocycles. The maximum atomic E-state index is 12.4. The second-order valence-electron chi connectivity index (χ2n) is 6.95. The molecule has 2 rings (SSSR count). The van der Waals surface area contributed by atoms with Gasteiger partial charge in [-0.1, -0.05) is 13.8 Å². The monoisotopic (exact) mass is 325 g/mol. The summed E-state index contributed by atoms with van der Waals surface area (Å²) in [4.78, 5) is 19.2. The number of carbonyl (C=O) groups is 1. The maximum absolute atomic E-state index is 12.4. The van der Waals surface area contributed by atoms with Gasteiger partial charge in [0, 0.05) is 37.0 Å². The summed E-state index contributed by atoms with van der Waals surface area (Å²) in [5, 5.41) is 6.00. The lowest BCUT2D eigenvalue weighted by molar-refractivity contribution is 0.0269. The van der Waals surface area contributed by atoms with E-state index in [-0.39, 0.29) is 11.4 Å². The van der Waals surface area contributed by atoms with Gasteiger partial charge in [-0.25, -0.2) is 4.98 Å². The molecule has 1 aromatic rings. The quantitative estimate of drug-likeness (QED) is 0.871. The SMILES string of the molecule is CC(C)Cc1nc(C(=O)NC(C)(C)CN2CCOCC2)cs1. The van der Waals surface area contributed by atoms with E-state index in [4.69, 9.17) is 4.74 Å². The van der Waals surface area contributed by atoms with E-state index in [0.717, 1.165) is 44.3 Å². The van der Waals surface area contributed by atoms with Crippen LogP contribution in [0.15, 0.2) is 5.38 Å². The largest absolute Gasteiger partial charge is 0.379 e. The molecule has 0 bridgehead atoms. The lowest BCUT2D eigenvalue weighted by atomic mass is 10.0. The van der Waals surface area contributed by atoms with Gasteiger partial charge < -0.3 is 10.1 Å². The topological polar surface area (TPSA) is 54.5 Å². The highest BCUT2D eigenvalue weighted by atomic mass is 32.1. The minimum absolute atomic E-state index is 0.0792. The van der Waals surface area contributed by atoms with Crippen LogP contribution in [0.5, 0.6) is 0 Å². The van der Waals surface area contributed by atoms with Crippen molar-refractivity contribution in [1.29, 1.82) is 0 Å². The summed E-state index contributed by atoms with van der Waals surface area (Å²) in [5.41, 5.74) is 0.256. The van der Waals surface area contributed by atoms with Gasteiger partial charge in [-0.2, -0.15) is 0 Å². The van der Waals surface area contributed by atoms with E-state index in [1.807, 2.05) is 5.38 Å². The number of amides is 1. The molecular formula is C16H27N3O2S. The van der Waals surface area contributed by atoms with E-state index in [0.29, 0.717) is 11.6 Å². The van der Waals surface area contributed by atoms with E-state index in [1.165, 1.54) is 0 Å². The molecule has 1 amide bonds. The number of hydrogen-bond donors (Lipinski definition) is 1. The first-order valence-electron chi connectivity index (χ1n) is 7.93. The fraction of sp³-hybridized carbons (Fsp3) is 0.750. The van der Waals surface area contributed by atoms with Crippen molar-refractivity contribution in [3.05, 3.63) is 16.1 Å². The van der Waals surface area contributed by atoms with Crippen LogP contribution in [0.3, 0.4) is 0 Å². The van der Waals surface area contributed by atoms with Gasteiger partial charge in [0.05, 0.1) is 18.2 Å². The van der Waals surface area contributed by atoms with Crippen LogP contribution in [0.25, 0.3) is 0 Å².